The number of aromatic nitrogens is 2. The van der Waals surface area contributed by atoms with Crippen LogP contribution >= 0.6 is 0 Å². The van der Waals surface area contributed by atoms with E-state index in [0.717, 1.165) is 18.7 Å². The first-order valence-corrected chi connectivity index (χ1v) is 5.56. The van der Waals surface area contributed by atoms with E-state index in [0.29, 0.717) is 18.4 Å². The van der Waals surface area contributed by atoms with Crippen LogP contribution in [0.2, 0.25) is 0 Å². The smallest absolute Gasteiger partial charge is 0.255 e. The molecule has 0 amide bonds. The van der Waals surface area contributed by atoms with Crippen LogP contribution in [0.3, 0.4) is 0 Å². The molecule has 82 valence electrons. The van der Waals surface area contributed by atoms with Crippen molar-refractivity contribution in [2.75, 3.05) is 6.54 Å². The molecule has 15 heavy (non-hydrogen) atoms. The maximum atomic E-state index is 5.69. The van der Waals surface area contributed by atoms with Gasteiger partial charge in [-0.15, -0.1) is 0 Å². The lowest BCUT2D eigenvalue weighted by Crippen LogP contribution is -2.18. The Morgan fingerprint density at radius 3 is 2.80 bits per heavy atom. The highest BCUT2D eigenvalue weighted by atomic mass is 16.5. The van der Waals surface area contributed by atoms with E-state index >= 15 is 0 Å². The molecule has 1 aliphatic heterocycles. The second-order valence-electron chi connectivity index (χ2n) is 4.32. The van der Waals surface area contributed by atoms with Gasteiger partial charge in [0.25, 0.3) is 5.89 Å². The zero-order chi connectivity index (χ0) is 10.3. The van der Waals surface area contributed by atoms with Crippen molar-refractivity contribution in [3.63, 3.8) is 0 Å². The lowest BCUT2D eigenvalue weighted by molar-refractivity contribution is 0.0307. The minimum Gasteiger partial charge on any atom is -0.364 e. The molecule has 1 aromatic heterocycles. The fourth-order valence-electron chi connectivity index (χ4n) is 1.95. The molecule has 0 radical (unpaired) electrons. The van der Waals surface area contributed by atoms with Crippen molar-refractivity contribution < 1.29 is 9.26 Å². The van der Waals surface area contributed by atoms with Crippen LogP contribution < -0.4 is 5.73 Å². The number of nitrogens with zero attached hydrogens (tertiary/aromatic N) is 2. The lowest BCUT2D eigenvalue weighted by Gasteiger charge is -2.07. The van der Waals surface area contributed by atoms with Crippen LogP contribution in [0.4, 0.5) is 0 Å². The van der Waals surface area contributed by atoms with E-state index in [2.05, 4.69) is 10.1 Å². The van der Waals surface area contributed by atoms with Crippen LogP contribution in [-0.2, 0) is 4.74 Å². The molecular weight excluding hydrogens is 194 g/mol. The zero-order valence-corrected chi connectivity index (χ0v) is 8.56. The van der Waals surface area contributed by atoms with Gasteiger partial charge >= 0.3 is 0 Å². The number of nitrogens with two attached hydrogens (primary N) is 1. The minimum atomic E-state index is -0.0291. The van der Waals surface area contributed by atoms with Crippen LogP contribution in [0.25, 0.3) is 0 Å². The Hall–Kier alpha value is -0.940. The molecule has 3 rings (SSSR count). The van der Waals surface area contributed by atoms with E-state index in [-0.39, 0.29) is 12.2 Å². The SMILES string of the molecule is NC[C@@H]1CC[C@@H](c2nc(C3CC3)no2)O1. The average molecular weight is 209 g/mol. The number of hydrogen-bond donors (Lipinski definition) is 1. The van der Waals surface area contributed by atoms with Crippen LogP contribution in [0.1, 0.15) is 49.4 Å². The second-order valence-corrected chi connectivity index (χ2v) is 4.32. The molecule has 1 saturated carbocycles. The third kappa shape index (κ3) is 1.77. The van der Waals surface area contributed by atoms with E-state index in [1.54, 1.807) is 0 Å². The molecule has 0 bridgehead atoms. The maximum Gasteiger partial charge on any atom is 0.255 e. The van der Waals surface area contributed by atoms with Gasteiger partial charge in [0, 0.05) is 12.5 Å². The molecule has 1 aliphatic carbocycles. The Labute approximate surface area is 88.0 Å². The summed E-state index contributed by atoms with van der Waals surface area (Å²) in [6, 6.07) is 0. The van der Waals surface area contributed by atoms with Crippen molar-refractivity contribution in [2.45, 2.75) is 43.8 Å². The summed E-state index contributed by atoms with van der Waals surface area (Å²) in [4.78, 5) is 4.38. The standard InChI is InChI=1S/C10H15N3O2/c11-5-7-3-4-8(14-7)10-12-9(13-15-10)6-1-2-6/h6-8H,1-5,11H2/t7-,8-/m0/s1. The van der Waals surface area contributed by atoms with Crippen molar-refractivity contribution in [2.24, 2.45) is 5.73 Å². The van der Waals surface area contributed by atoms with Crippen LogP contribution in [0.5, 0.6) is 0 Å². The fraction of sp³-hybridized carbons (Fsp3) is 0.800. The molecule has 0 spiro atoms. The molecule has 2 heterocycles. The summed E-state index contributed by atoms with van der Waals surface area (Å²) in [6.07, 6.45) is 4.44. The van der Waals surface area contributed by atoms with Crippen molar-refractivity contribution >= 4 is 0 Å². The summed E-state index contributed by atoms with van der Waals surface area (Å²) in [5, 5.41) is 3.98. The fourth-order valence-corrected chi connectivity index (χ4v) is 1.95. The molecule has 0 aromatic carbocycles. The summed E-state index contributed by atoms with van der Waals surface area (Å²) >= 11 is 0. The van der Waals surface area contributed by atoms with Gasteiger partial charge in [0.2, 0.25) is 0 Å². The van der Waals surface area contributed by atoms with Crippen molar-refractivity contribution in [1.82, 2.24) is 10.1 Å². The van der Waals surface area contributed by atoms with Crippen LogP contribution in [0, 0.1) is 0 Å². The van der Waals surface area contributed by atoms with Crippen LogP contribution in [-0.4, -0.2) is 22.8 Å². The highest BCUT2D eigenvalue weighted by Gasteiger charge is 2.33. The molecule has 5 heteroatoms. The quantitative estimate of drug-likeness (QED) is 0.807. The molecule has 2 fully saturated rings. The lowest BCUT2D eigenvalue weighted by atomic mass is 10.2. The summed E-state index contributed by atoms with van der Waals surface area (Å²) < 4.78 is 10.9. The van der Waals surface area contributed by atoms with Gasteiger partial charge in [-0.1, -0.05) is 5.16 Å². The molecule has 2 N–H and O–H groups in total. The Morgan fingerprint density at radius 2 is 2.13 bits per heavy atom. The third-order valence-electron chi connectivity index (χ3n) is 3.05. The van der Waals surface area contributed by atoms with Crippen molar-refractivity contribution in [3.8, 4) is 0 Å². The van der Waals surface area contributed by atoms with Crippen molar-refractivity contribution in [3.05, 3.63) is 11.7 Å². The largest absolute Gasteiger partial charge is 0.364 e. The van der Waals surface area contributed by atoms with Crippen molar-refractivity contribution in [1.29, 1.82) is 0 Å². The van der Waals surface area contributed by atoms with E-state index in [4.69, 9.17) is 15.0 Å². The van der Waals surface area contributed by atoms with E-state index in [1.165, 1.54) is 12.8 Å². The molecule has 5 nitrogen and oxygen atoms in total. The van der Waals surface area contributed by atoms with E-state index in [9.17, 15) is 0 Å². The predicted molar refractivity (Wildman–Crippen MR) is 52.2 cm³/mol. The Balaban J connectivity index is 1.70. The van der Waals surface area contributed by atoms with Gasteiger partial charge in [-0.05, 0) is 25.7 Å². The minimum absolute atomic E-state index is 0.0291. The zero-order valence-electron chi connectivity index (χ0n) is 8.56. The van der Waals surface area contributed by atoms with Gasteiger partial charge < -0.3 is 15.0 Å². The molecule has 0 unspecified atom stereocenters. The van der Waals surface area contributed by atoms with Gasteiger partial charge in [-0.2, -0.15) is 4.98 Å². The predicted octanol–water partition coefficient (Wildman–Crippen LogP) is 1.13. The second kappa shape index (κ2) is 3.57. The van der Waals surface area contributed by atoms with Gasteiger partial charge in [-0.25, -0.2) is 0 Å². The highest BCUT2D eigenvalue weighted by Crippen LogP contribution is 2.39. The molecule has 1 saturated heterocycles. The normalized spacial score (nSPS) is 31.0. The first-order chi connectivity index (χ1) is 7.36. The first-order valence-electron chi connectivity index (χ1n) is 5.56. The Bertz CT molecular complexity index is 348. The van der Waals surface area contributed by atoms with Crippen LogP contribution in [0.15, 0.2) is 4.52 Å². The number of hydrogen-bond acceptors (Lipinski definition) is 5. The third-order valence-corrected chi connectivity index (χ3v) is 3.05. The van der Waals surface area contributed by atoms with Gasteiger partial charge in [0.05, 0.1) is 6.10 Å². The van der Waals surface area contributed by atoms with Gasteiger partial charge in [0.15, 0.2) is 5.82 Å². The summed E-state index contributed by atoms with van der Waals surface area (Å²) in [5.41, 5.74) is 5.55. The molecular formula is C10H15N3O2. The van der Waals surface area contributed by atoms with Gasteiger partial charge in [-0.3, -0.25) is 0 Å². The number of ether oxygens (including phenoxy) is 1. The van der Waals surface area contributed by atoms with E-state index in [1.807, 2.05) is 0 Å². The average Bonchev–Trinajstić information content (AvgIpc) is 2.84. The first kappa shape index (κ1) is 9.30. The molecule has 2 aliphatic rings. The number of rotatable bonds is 3. The Morgan fingerprint density at radius 1 is 1.27 bits per heavy atom. The van der Waals surface area contributed by atoms with E-state index < -0.39 is 0 Å². The molecule has 1 aromatic rings. The molecule has 2 atom stereocenters. The maximum absolute atomic E-state index is 5.69. The summed E-state index contributed by atoms with van der Waals surface area (Å²) in [6.45, 7) is 0.570. The summed E-state index contributed by atoms with van der Waals surface area (Å²) in [7, 11) is 0. The summed E-state index contributed by atoms with van der Waals surface area (Å²) in [5.74, 6) is 2.02. The monoisotopic (exact) mass is 209 g/mol. The highest BCUT2D eigenvalue weighted by molar-refractivity contribution is 5.04. The van der Waals surface area contributed by atoms with Gasteiger partial charge in [0.1, 0.15) is 6.10 Å². The Kier molecular flexibility index (Phi) is 2.21. The topological polar surface area (TPSA) is 74.2 Å².